The molecule has 7 heteroatoms. The molecule has 1 unspecified atom stereocenters. The zero-order valence-electron chi connectivity index (χ0n) is 12.7. The number of halogens is 1. The summed E-state index contributed by atoms with van der Waals surface area (Å²) in [7, 11) is 0. The van der Waals surface area contributed by atoms with Gasteiger partial charge in [-0.05, 0) is 42.2 Å². The van der Waals surface area contributed by atoms with E-state index in [9.17, 15) is 4.79 Å². The fourth-order valence-corrected chi connectivity index (χ4v) is 3.29. The van der Waals surface area contributed by atoms with Gasteiger partial charge in [-0.3, -0.25) is 4.79 Å². The Labute approximate surface area is 143 Å². The standard InChI is InChI=1S/C17H14ClN5O/c18-14-3-1-2-13-12(14)4-5-15(13)22-17(24)11-6-7-20-16(8-11)23-10-19-9-21-23/h1-3,6-10,15H,4-5H2,(H,22,24). The van der Waals surface area contributed by atoms with E-state index in [4.69, 9.17) is 11.6 Å². The molecule has 1 amide bonds. The Hall–Kier alpha value is -2.73. The quantitative estimate of drug-likeness (QED) is 0.796. The minimum absolute atomic E-state index is 0.0193. The predicted molar refractivity (Wildman–Crippen MR) is 89.1 cm³/mol. The van der Waals surface area contributed by atoms with Gasteiger partial charge in [0.05, 0.1) is 6.04 Å². The first-order valence-electron chi connectivity index (χ1n) is 7.61. The number of fused-ring (bicyclic) bond motifs is 1. The van der Waals surface area contributed by atoms with Crippen LogP contribution >= 0.6 is 11.6 Å². The number of hydrogen-bond acceptors (Lipinski definition) is 4. The fourth-order valence-electron chi connectivity index (χ4n) is 3.01. The van der Waals surface area contributed by atoms with E-state index in [-0.39, 0.29) is 11.9 Å². The molecule has 6 nitrogen and oxygen atoms in total. The smallest absolute Gasteiger partial charge is 0.251 e. The maximum atomic E-state index is 12.6. The van der Waals surface area contributed by atoms with Gasteiger partial charge in [-0.1, -0.05) is 23.7 Å². The summed E-state index contributed by atoms with van der Waals surface area (Å²) >= 11 is 6.23. The second-order valence-corrected chi connectivity index (χ2v) is 6.02. The molecular formula is C17H14ClN5O. The molecule has 4 rings (SSSR count). The highest BCUT2D eigenvalue weighted by molar-refractivity contribution is 6.31. The van der Waals surface area contributed by atoms with Crippen molar-refractivity contribution in [1.29, 1.82) is 0 Å². The minimum Gasteiger partial charge on any atom is -0.345 e. The van der Waals surface area contributed by atoms with Crippen LogP contribution in [0.4, 0.5) is 0 Å². The Kier molecular flexibility index (Phi) is 3.74. The lowest BCUT2D eigenvalue weighted by Crippen LogP contribution is -2.27. The van der Waals surface area contributed by atoms with Gasteiger partial charge in [0.2, 0.25) is 0 Å². The Bertz CT molecular complexity index is 894. The van der Waals surface area contributed by atoms with Crippen LogP contribution in [0.1, 0.15) is 33.9 Å². The Morgan fingerprint density at radius 1 is 1.33 bits per heavy atom. The molecule has 1 aliphatic rings. The zero-order chi connectivity index (χ0) is 16.5. The molecule has 0 saturated heterocycles. The predicted octanol–water partition coefficient (Wildman–Crippen LogP) is 2.73. The van der Waals surface area contributed by atoms with Gasteiger partial charge in [-0.25, -0.2) is 14.6 Å². The summed E-state index contributed by atoms with van der Waals surface area (Å²) in [5.41, 5.74) is 2.76. The lowest BCUT2D eigenvalue weighted by molar-refractivity contribution is 0.0936. The number of hydrogen-bond donors (Lipinski definition) is 1. The average molecular weight is 340 g/mol. The molecule has 1 aromatic carbocycles. The second-order valence-electron chi connectivity index (χ2n) is 5.62. The van der Waals surface area contributed by atoms with Gasteiger partial charge in [0, 0.05) is 16.8 Å². The van der Waals surface area contributed by atoms with Crippen molar-refractivity contribution >= 4 is 17.5 Å². The number of amides is 1. The van der Waals surface area contributed by atoms with E-state index in [0.717, 1.165) is 29.0 Å². The third-order valence-corrected chi connectivity index (χ3v) is 4.53. The van der Waals surface area contributed by atoms with Crippen LogP contribution in [-0.2, 0) is 6.42 Å². The monoisotopic (exact) mass is 339 g/mol. The summed E-state index contributed by atoms with van der Waals surface area (Å²) in [6, 6.07) is 9.18. The molecule has 0 fully saturated rings. The van der Waals surface area contributed by atoms with Crippen LogP contribution in [0.3, 0.4) is 0 Å². The van der Waals surface area contributed by atoms with Crippen molar-refractivity contribution in [2.24, 2.45) is 0 Å². The SMILES string of the molecule is O=C(NC1CCc2c(Cl)cccc21)c1ccnc(-n2cncn2)c1. The van der Waals surface area contributed by atoms with Gasteiger partial charge < -0.3 is 5.32 Å². The molecule has 1 aliphatic carbocycles. The molecule has 1 atom stereocenters. The van der Waals surface area contributed by atoms with Gasteiger partial charge in [-0.15, -0.1) is 0 Å². The highest BCUT2D eigenvalue weighted by Gasteiger charge is 2.25. The Balaban J connectivity index is 1.56. The summed E-state index contributed by atoms with van der Waals surface area (Å²) in [5.74, 6) is 0.409. The molecule has 120 valence electrons. The van der Waals surface area contributed by atoms with Gasteiger partial charge in [0.1, 0.15) is 12.7 Å². The number of carbonyl (C=O) groups is 1. The van der Waals surface area contributed by atoms with Gasteiger partial charge >= 0.3 is 0 Å². The highest BCUT2D eigenvalue weighted by Crippen LogP contribution is 2.35. The summed E-state index contributed by atoms with van der Waals surface area (Å²) in [6.45, 7) is 0. The van der Waals surface area contributed by atoms with Crippen molar-refractivity contribution in [2.75, 3.05) is 0 Å². The molecule has 2 heterocycles. The summed E-state index contributed by atoms with van der Waals surface area (Å²) in [5, 5.41) is 7.87. The van der Waals surface area contributed by atoms with E-state index >= 15 is 0 Å². The van der Waals surface area contributed by atoms with Crippen LogP contribution in [0.25, 0.3) is 5.82 Å². The van der Waals surface area contributed by atoms with Gasteiger partial charge in [0.25, 0.3) is 5.91 Å². The van der Waals surface area contributed by atoms with Crippen molar-refractivity contribution in [3.63, 3.8) is 0 Å². The lowest BCUT2D eigenvalue weighted by atomic mass is 10.1. The zero-order valence-corrected chi connectivity index (χ0v) is 13.4. The molecule has 0 bridgehead atoms. The minimum atomic E-state index is -0.142. The number of nitrogens with one attached hydrogen (secondary N) is 1. The van der Waals surface area contributed by atoms with Crippen LogP contribution < -0.4 is 5.32 Å². The van der Waals surface area contributed by atoms with Crippen LogP contribution in [0, 0.1) is 0 Å². The fraction of sp³-hybridized carbons (Fsp3) is 0.176. The largest absolute Gasteiger partial charge is 0.345 e. The first-order valence-corrected chi connectivity index (χ1v) is 7.99. The summed E-state index contributed by atoms with van der Waals surface area (Å²) in [6.07, 6.45) is 6.28. The number of pyridine rings is 1. The third-order valence-electron chi connectivity index (χ3n) is 4.18. The molecule has 0 radical (unpaired) electrons. The first-order chi connectivity index (χ1) is 11.7. The van der Waals surface area contributed by atoms with Crippen LogP contribution in [0.2, 0.25) is 5.02 Å². The molecular weight excluding hydrogens is 326 g/mol. The van der Waals surface area contributed by atoms with Gasteiger partial charge in [-0.2, -0.15) is 5.10 Å². The van der Waals surface area contributed by atoms with Gasteiger partial charge in [0.15, 0.2) is 5.82 Å². The molecule has 24 heavy (non-hydrogen) atoms. The van der Waals surface area contributed by atoms with Crippen molar-refractivity contribution in [2.45, 2.75) is 18.9 Å². The lowest BCUT2D eigenvalue weighted by Gasteiger charge is -2.14. The topological polar surface area (TPSA) is 72.7 Å². The number of rotatable bonds is 3. The van der Waals surface area contributed by atoms with E-state index in [1.165, 1.54) is 11.0 Å². The number of nitrogens with zero attached hydrogens (tertiary/aromatic N) is 4. The maximum Gasteiger partial charge on any atom is 0.251 e. The molecule has 1 N–H and O–H groups in total. The van der Waals surface area contributed by atoms with Crippen LogP contribution in [0.5, 0.6) is 0 Å². The van der Waals surface area contributed by atoms with Crippen molar-refractivity contribution in [3.05, 3.63) is 70.9 Å². The normalized spacial score (nSPS) is 16.0. The van der Waals surface area contributed by atoms with Crippen molar-refractivity contribution in [1.82, 2.24) is 25.1 Å². The second kappa shape index (κ2) is 6.05. The summed E-state index contributed by atoms with van der Waals surface area (Å²) in [4.78, 5) is 20.7. The van der Waals surface area contributed by atoms with E-state index in [0.29, 0.717) is 11.4 Å². The Morgan fingerprint density at radius 2 is 2.25 bits per heavy atom. The van der Waals surface area contributed by atoms with Crippen LogP contribution in [-0.4, -0.2) is 25.7 Å². The molecule has 0 aliphatic heterocycles. The average Bonchev–Trinajstić information content (AvgIpc) is 3.26. The number of carbonyl (C=O) groups excluding carboxylic acids is 1. The van der Waals surface area contributed by atoms with Crippen molar-refractivity contribution in [3.8, 4) is 5.82 Å². The number of aromatic nitrogens is 4. The molecule has 2 aromatic heterocycles. The summed E-state index contributed by atoms with van der Waals surface area (Å²) < 4.78 is 1.52. The van der Waals surface area contributed by atoms with E-state index < -0.39 is 0 Å². The molecule has 0 saturated carbocycles. The van der Waals surface area contributed by atoms with E-state index in [2.05, 4.69) is 20.4 Å². The molecule has 0 spiro atoms. The maximum absolute atomic E-state index is 12.6. The first kappa shape index (κ1) is 14.8. The highest BCUT2D eigenvalue weighted by atomic mass is 35.5. The van der Waals surface area contributed by atoms with E-state index in [1.54, 1.807) is 24.7 Å². The third kappa shape index (κ3) is 2.65. The Morgan fingerprint density at radius 3 is 3.08 bits per heavy atom. The van der Waals surface area contributed by atoms with Crippen molar-refractivity contribution < 1.29 is 4.79 Å². The van der Waals surface area contributed by atoms with Crippen LogP contribution in [0.15, 0.2) is 49.2 Å². The number of benzene rings is 1. The van der Waals surface area contributed by atoms with E-state index in [1.807, 2.05) is 18.2 Å². The molecule has 3 aromatic rings.